The molecule has 12 rings (SSSR count). The predicted molar refractivity (Wildman–Crippen MR) is 236 cm³/mol. The van der Waals surface area contributed by atoms with Gasteiger partial charge in [0.25, 0.3) is 0 Å². The summed E-state index contributed by atoms with van der Waals surface area (Å²) in [6.45, 7) is 0. The first kappa shape index (κ1) is 19.0. The summed E-state index contributed by atoms with van der Waals surface area (Å²) in [5.74, 6) is -0.992. The van der Waals surface area contributed by atoms with Crippen LogP contribution in [0.4, 0.5) is 0 Å². The highest BCUT2D eigenvalue weighted by Gasteiger charge is 2.24. The van der Waals surface area contributed by atoms with Crippen LogP contribution >= 0.6 is 11.3 Å². The van der Waals surface area contributed by atoms with Crippen LogP contribution in [-0.2, 0) is 0 Å². The smallest absolute Gasteiger partial charge is 0.238 e. The number of nitrogens with zero attached hydrogens (tertiary/aromatic N) is 4. The summed E-state index contributed by atoms with van der Waals surface area (Å²) in [6.07, 6.45) is 0. The van der Waals surface area contributed by atoms with Crippen LogP contribution in [0.3, 0.4) is 0 Å². The minimum Gasteiger partial charge on any atom is -0.456 e. The number of aromatic nitrogens is 4. The number of furan rings is 1. The molecule has 266 valence electrons. The largest absolute Gasteiger partial charge is 0.456 e. The summed E-state index contributed by atoms with van der Waals surface area (Å²) in [4.78, 5) is 14.5. The quantitative estimate of drug-likeness (QED) is 0.175. The number of rotatable bonds is 5. The molecule has 0 aliphatic heterocycles. The summed E-state index contributed by atoms with van der Waals surface area (Å²) in [6, 6.07) is 10.6. The summed E-state index contributed by atoms with van der Waals surface area (Å²) in [5, 5.41) is 1.44. The molecule has 0 N–H and O–H groups in total. The molecule has 0 unspecified atom stereocenters. The Morgan fingerprint density at radius 3 is 2.02 bits per heavy atom. The van der Waals surface area contributed by atoms with Gasteiger partial charge in [-0.3, -0.25) is 4.57 Å². The highest BCUT2D eigenvalue weighted by Crippen LogP contribution is 2.47. The molecule has 0 aliphatic rings. The molecule has 57 heavy (non-hydrogen) atoms. The summed E-state index contributed by atoms with van der Waals surface area (Å²) in [7, 11) is 0. The number of para-hydroxylation sites is 1. The van der Waals surface area contributed by atoms with Crippen molar-refractivity contribution in [2.45, 2.75) is 0 Å². The van der Waals surface area contributed by atoms with E-state index in [1.165, 1.54) is 4.57 Å². The fraction of sp³-hybridized carbons (Fsp3) is 0. The Hall–Kier alpha value is -7.41. The van der Waals surface area contributed by atoms with Crippen molar-refractivity contribution in [1.82, 2.24) is 19.5 Å². The van der Waals surface area contributed by atoms with Crippen molar-refractivity contribution >= 4 is 75.3 Å². The second-order valence-corrected chi connectivity index (χ2v) is 14.1. The summed E-state index contributed by atoms with van der Waals surface area (Å²) < 4.78 is 167. The van der Waals surface area contributed by atoms with Crippen molar-refractivity contribution in [1.29, 1.82) is 0 Å². The second-order valence-electron chi connectivity index (χ2n) is 13.0. The van der Waals surface area contributed by atoms with Gasteiger partial charge in [-0.1, -0.05) is 145 Å². The van der Waals surface area contributed by atoms with Crippen molar-refractivity contribution in [3.63, 3.8) is 0 Å². The van der Waals surface area contributed by atoms with E-state index >= 15 is 0 Å². The molecule has 0 saturated carbocycles. The molecule has 6 heteroatoms. The maximum Gasteiger partial charge on any atom is 0.238 e. The average molecular weight is 765 g/mol. The minimum absolute atomic E-state index is 0.00174. The summed E-state index contributed by atoms with van der Waals surface area (Å²) in [5.41, 5.74) is 1.55. The molecular formula is C51H30N4OS. The third-order valence-electron chi connectivity index (χ3n) is 9.90. The first-order valence-corrected chi connectivity index (χ1v) is 18.4. The Morgan fingerprint density at radius 1 is 0.474 bits per heavy atom. The van der Waals surface area contributed by atoms with Gasteiger partial charge in [0.1, 0.15) is 11.2 Å². The molecule has 0 fully saturated rings. The fourth-order valence-corrected chi connectivity index (χ4v) is 8.60. The number of benzene rings is 8. The topological polar surface area (TPSA) is 56.7 Å². The van der Waals surface area contributed by atoms with E-state index in [1.807, 2.05) is 0 Å². The van der Waals surface area contributed by atoms with E-state index in [2.05, 4.69) is 0 Å². The van der Waals surface area contributed by atoms with Gasteiger partial charge in [0, 0.05) is 52.8 Å². The van der Waals surface area contributed by atoms with Gasteiger partial charge in [-0.2, -0.15) is 9.97 Å². The highest BCUT2D eigenvalue weighted by molar-refractivity contribution is 7.26. The number of thiophene rings is 1. The predicted octanol–water partition coefficient (Wildman–Crippen LogP) is 13.9. The van der Waals surface area contributed by atoms with Crippen LogP contribution in [0, 0.1) is 0 Å². The lowest BCUT2D eigenvalue weighted by Gasteiger charge is -2.12. The second kappa shape index (κ2) is 12.6. The molecule has 0 aliphatic carbocycles. The average Bonchev–Trinajstić information content (AvgIpc) is 4.13. The van der Waals surface area contributed by atoms with Gasteiger partial charge in [0.15, 0.2) is 11.6 Å². The molecule has 0 radical (unpaired) electrons. The maximum atomic E-state index is 9.56. The van der Waals surface area contributed by atoms with Crippen LogP contribution in [0.25, 0.3) is 115 Å². The van der Waals surface area contributed by atoms with Crippen LogP contribution in [0.1, 0.15) is 24.7 Å². The third-order valence-corrected chi connectivity index (χ3v) is 11.0. The van der Waals surface area contributed by atoms with Crippen LogP contribution in [0.2, 0.25) is 0 Å². The molecule has 12 aromatic rings. The molecule has 5 nitrogen and oxygen atoms in total. The molecule has 0 spiro atoms. The normalized spacial score (nSPS) is 16.3. The van der Waals surface area contributed by atoms with Crippen molar-refractivity contribution < 1.29 is 29.1 Å². The molecular weight excluding hydrogens is 717 g/mol. The lowest BCUT2D eigenvalue weighted by Crippen LogP contribution is -2.06. The van der Waals surface area contributed by atoms with Crippen LogP contribution in [-0.4, -0.2) is 19.5 Å². The standard InChI is InChI=1S/C51H30N4OS/c1-4-15-31(16-5-1)35-23-14-25-41-45(35)37-28-27-34(29-42(37)56-41)50-52-49(33-19-8-3-9-20-33)53-51(54-50)55-40-24-12-10-21-36(40)46-39(32-17-6-2-7-18-32)30-44-47(48(46)55)38-22-11-13-26-43(38)57-44/h1-30H/i1D,3D,4D,5D,8D,9D,10D,11D,12D,13D,15D,16D,19D,20D,21D,22D,24D,26D. The molecule has 8 aromatic carbocycles. The summed E-state index contributed by atoms with van der Waals surface area (Å²) >= 11 is 1.08. The van der Waals surface area contributed by atoms with Gasteiger partial charge in [0.05, 0.1) is 35.7 Å². The van der Waals surface area contributed by atoms with Crippen molar-refractivity contribution in [3.8, 4) is 51.0 Å². The maximum absolute atomic E-state index is 9.56. The Bertz CT molecular complexity index is 4540. The third kappa shape index (κ3) is 4.98. The van der Waals surface area contributed by atoms with Crippen LogP contribution in [0.15, 0.2) is 186 Å². The van der Waals surface area contributed by atoms with E-state index in [0.29, 0.717) is 37.7 Å². The lowest BCUT2D eigenvalue weighted by molar-refractivity contribution is 0.669. The molecule has 0 bridgehead atoms. The van der Waals surface area contributed by atoms with E-state index in [1.54, 1.807) is 72.8 Å². The fourth-order valence-electron chi connectivity index (χ4n) is 7.54. The van der Waals surface area contributed by atoms with E-state index < -0.39 is 114 Å². The van der Waals surface area contributed by atoms with Crippen LogP contribution in [0.5, 0.6) is 0 Å². The number of hydrogen-bond acceptors (Lipinski definition) is 5. The van der Waals surface area contributed by atoms with Crippen LogP contribution < -0.4 is 0 Å². The van der Waals surface area contributed by atoms with E-state index in [9.17, 15) is 4.11 Å². The molecule has 4 aromatic heterocycles. The first-order chi connectivity index (χ1) is 35.7. The van der Waals surface area contributed by atoms with Gasteiger partial charge in [0.2, 0.25) is 5.95 Å². The zero-order valence-corrected chi connectivity index (χ0v) is 29.9. The highest BCUT2D eigenvalue weighted by atomic mass is 32.1. The van der Waals surface area contributed by atoms with Gasteiger partial charge in [-0.15, -0.1) is 11.3 Å². The SMILES string of the molecule is [2H]c1c([2H])c([2H])c(-c2nc(-c3ccc4c(c3)oc3cccc(-c5c([2H])c([2H])c([2H])c([2H])c5[2H])c34)nc(-n3c4c([2H])c([2H])c([2H])c([2H])c4c4c(-c5ccccc5)cc5sc6c([2H])c([2H])c([2H])c([2H])c6c5c43)n2)c([2H])c1[2H]. The van der Waals surface area contributed by atoms with Gasteiger partial charge in [-0.05, 0) is 58.6 Å². The van der Waals surface area contributed by atoms with Gasteiger partial charge in [-0.25, -0.2) is 4.98 Å². The first-order valence-electron chi connectivity index (χ1n) is 26.5. The van der Waals surface area contributed by atoms with E-state index in [0.717, 1.165) is 11.3 Å². The van der Waals surface area contributed by atoms with E-state index in [-0.39, 0.29) is 71.8 Å². The minimum atomic E-state index is -0.702. The molecule has 0 saturated heterocycles. The zero-order valence-electron chi connectivity index (χ0n) is 47.0. The van der Waals surface area contributed by atoms with Crippen molar-refractivity contribution in [3.05, 3.63) is 182 Å². The van der Waals surface area contributed by atoms with Gasteiger partial charge < -0.3 is 4.42 Å². The van der Waals surface area contributed by atoms with Crippen molar-refractivity contribution in [2.24, 2.45) is 0 Å². The number of fused-ring (bicyclic) bond motifs is 10. The number of hydrogen-bond donors (Lipinski definition) is 0. The molecule has 0 amide bonds. The van der Waals surface area contributed by atoms with Gasteiger partial charge >= 0.3 is 0 Å². The van der Waals surface area contributed by atoms with E-state index in [4.69, 9.17) is 39.9 Å². The monoisotopic (exact) mass is 764 g/mol. The Balaban J connectivity index is 1.25. The Morgan fingerprint density at radius 2 is 1.19 bits per heavy atom. The Kier molecular flexibility index (Phi) is 4.18. The Labute approximate surface area is 356 Å². The molecule has 4 heterocycles. The van der Waals surface area contributed by atoms with Crippen molar-refractivity contribution in [2.75, 3.05) is 0 Å². The molecule has 0 atom stereocenters. The lowest BCUT2D eigenvalue weighted by atomic mass is 9.97. The zero-order chi connectivity index (χ0) is 53.1.